The molecule has 0 fully saturated rings. The third-order valence-electron chi connectivity index (χ3n) is 2.93. The first-order valence-electron chi connectivity index (χ1n) is 6.39. The lowest BCUT2D eigenvalue weighted by molar-refractivity contribution is 0.0697. The molecule has 0 amide bonds. The number of rotatable bonds is 7. The van der Waals surface area contributed by atoms with E-state index in [-0.39, 0.29) is 5.56 Å². The third kappa shape index (κ3) is 4.09. The lowest BCUT2D eigenvalue weighted by Gasteiger charge is -2.09. The number of aromatic nitrogens is 2. The number of carbonyl (C=O) groups is 1. The van der Waals surface area contributed by atoms with Crippen LogP contribution in [0.3, 0.4) is 0 Å². The van der Waals surface area contributed by atoms with Crippen molar-refractivity contribution in [1.29, 1.82) is 0 Å². The largest absolute Gasteiger partial charge is 0.478 e. The van der Waals surface area contributed by atoms with E-state index in [1.165, 1.54) is 0 Å². The minimum atomic E-state index is -0.919. The first-order chi connectivity index (χ1) is 9.66. The van der Waals surface area contributed by atoms with Crippen molar-refractivity contribution in [3.05, 3.63) is 47.0 Å². The lowest BCUT2D eigenvalue weighted by Crippen LogP contribution is -2.05. The van der Waals surface area contributed by atoms with Gasteiger partial charge < -0.3 is 15.0 Å². The number of nitrogens with one attached hydrogen (secondary N) is 1. The molecule has 20 heavy (non-hydrogen) atoms. The highest BCUT2D eigenvalue weighted by atomic mass is 79.9. The van der Waals surface area contributed by atoms with E-state index in [4.69, 9.17) is 5.11 Å². The first kappa shape index (κ1) is 14.6. The summed E-state index contributed by atoms with van der Waals surface area (Å²) in [6.45, 7) is 1.81. The van der Waals surface area contributed by atoms with Crippen molar-refractivity contribution in [3.8, 4) is 0 Å². The molecule has 2 aromatic rings. The van der Waals surface area contributed by atoms with E-state index in [9.17, 15) is 4.79 Å². The summed E-state index contributed by atoms with van der Waals surface area (Å²) >= 11 is 3.38. The molecule has 1 aromatic heterocycles. The normalized spacial score (nSPS) is 10.4. The quantitative estimate of drug-likeness (QED) is 0.761. The van der Waals surface area contributed by atoms with Gasteiger partial charge in [-0.15, -0.1) is 0 Å². The molecule has 1 heterocycles. The molecule has 5 nitrogen and oxygen atoms in total. The highest BCUT2D eigenvalue weighted by Crippen LogP contribution is 2.23. The predicted molar refractivity (Wildman–Crippen MR) is 81.1 cm³/mol. The van der Waals surface area contributed by atoms with Crippen LogP contribution in [0.15, 0.2) is 41.4 Å². The van der Waals surface area contributed by atoms with E-state index in [1.807, 2.05) is 12.5 Å². The minimum absolute atomic E-state index is 0.280. The Bertz CT molecular complexity index is 570. The predicted octanol–water partition coefficient (Wildman–Crippen LogP) is 3.24. The molecule has 0 saturated carbocycles. The zero-order chi connectivity index (χ0) is 14.4. The molecule has 0 saturated heterocycles. The van der Waals surface area contributed by atoms with Gasteiger partial charge in [-0.05, 0) is 47.0 Å². The molecule has 0 aliphatic rings. The van der Waals surface area contributed by atoms with Gasteiger partial charge in [0.05, 0.1) is 11.9 Å². The monoisotopic (exact) mass is 337 g/mol. The fraction of sp³-hybridized carbons (Fsp3) is 0.286. The molecule has 0 aliphatic heterocycles. The van der Waals surface area contributed by atoms with Crippen LogP contribution in [-0.2, 0) is 6.54 Å². The third-order valence-corrected chi connectivity index (χ3v) is 3.59. The summed E-state index contributed by atoms with van der Waals surface area (Å²) in [6.07, 6.45) is 7.64. The number of hydrogen-bond donors (Lipinski definition) is 2. The van der Waals surface area contributed by atoms with Gasteiger partial charge in [0.15, 0.2) is 0 Å². The van der Waals surface area contributed by atoms with Crippen molar-refractivity contribution in [2.75, 3.05) is 11.9 Å². The standard InChI is InChI=1S/C14H16BrN3O2/c15-12-9-11(14(19)20)3-4-13(12)17-5-1-2-7-18-8-6-16-10-18/h3-4,6,8-10,17H,1-2,5,7H2,(H,19,20). The van der Waals surface area contributed by atoms with Crippen LogP contribution in [0.25, 0.3) is 0 Å². The van der Waals surface area contributed by atoms with Crippen LogP contribution in [0.1, 0.15) is 23.2 Å². The van der Waals surface area contributed by atoms with Crippen LogP contribution in [0.4, 0.5) is 5.69 Å². The van der Waals surface area contributed by atoms with Crippen LogP contribution in [-0.4, -0.2) is 27.2 Å². The van der Waals surface area contributed by atoms with Crippen molar-refractivity contribution < 1.29 is 9.90 Å². The zero-order valence-electron chi connectivity index (χ0n) is 10.9. The van der Waals surface area contributed by atoms with Crippen LogP contribution in [0.2, 0.25) is 0 Å². The maximum Gasteiger partial charge on any atom is 0.335 e. The summed E-state index contributed by atoms with van der Waals surface area (Å²) in [7, 11) is 0. The van der Waals surface area contributed by atoms with Crippen molar-refractivity contribution in [3.63, 3.8) is 0 Å². The van der Waals surface area contributed by atoms with Gasteiger partial charge in [-0.1, -0.05) is 0 Å². The fourth-order valence-electron chi connectivity index (χ4n) is 1.85. The Kier molecular flexibility index (Phi) is 5.17. The van der Waals surface area contributed by atoms with Gasteiger partial charge in [0, 0.05) is 35.6 Å². The topological polar surface area (TPSA) is 67.2 Å². The molecule has 1 aromatic carbocycles. The van der Waals surface area contributed by atoms with Gasteiger partial charge in [0.1, 0.15) is 0 Å². The molecule has 2 N–H and O–H groups in total. The summed E-state index contributed by atoms with van der Waals surface area (Å²) < 4.78 is 2.82. The number of anilines is 1. The Morgan fingerprint density at radius 3 is 2.90 bits per heavy atom. The van der Waals surface area contributed by atoms with Gasteiger partial charge in [-0.2, -0.15) is 0 Å². The van der Waals surface area contributed by atoms with Crippen molar-refractivity contribution in [2.24, 2.45) is 0 Å². The summed E-state index contributed by atoms with van der Waals surface area (Å²) in [5, 5.41) is 12.2. The van der Waals surface area contributed by atoms with E-state index in [0.717, 1.165) is 36.1 Å². The van der Waals surface area contributed by atoms with Crippen molar-refractivity contribution in [1.82, 2.24) is 9.55 Å². The minimum Gasteiger partial charge on any atom is -0.478 e. The van der Waals surface area contributed by atoms with Crippen molar-refractivity contribution >= 4 is 27.6 Å². The Morgan fingerprint density at radius 1 is 1.40 bits per heavy atom. The summed E-state index contributed by atoms with van der Waals surface area (Å²) in [5.74, 6) is -0.919. The van der Waals surface area contributed by atoms with E-state index < -0.39 is 5.97 Å². The number of carboxylic acid groups (broad SMARTS) is 1. The second kappa shape index (κ2) is 7.09. The second-order valence-corrected chi connectivity index (χ2v) is 5.29. The van der Waals surface area contributed by atoms with Crippen molar-refractivity contribution in [2.45, 2.75) is 19.4 Å². The van der Waals surface area contributed by atoms with Gasteiger partial charge in [0.25, 0.3) is 0 Å². The van der Waals surface area contributed by atoms with Gasteiger partial charge >= 0.3 is 5.97 Å². The maximum atomic E-state index is 10.8. The number of imidazole rings is 1. The molecule has 0 aliphatic carbocycles. The number of carboxylic acids is 1. The van der Waals surface area contributed by atoms with Crippen LogP contribution < -0.4 is 5.32 Å². The summed E-state index contributed by atoms with van der Waals surface area (Å²) in [4.78, 5) is 14.8. The zero-order valence-corrected chi connectivity index (χ0v) is 12.5. The SMILES string of the molecule is O=C(O)c1ccc(NCCCCn2ccnc2)c(Br)c1. The smallest absolute Gasteiger partial charge is 0.335 e. The maximum absolute atomic E-state index is 10.8. The van der Waals surface area contributed by atoms with Gasteiger partial charge in [0.2, 0.25) is 0 Å². The number of nitrogens with zero attached hydrogens (tertiary/aromatic N) is 2. The van der Waals surface area contributed by atoms with E-state index >= 15 is 0 Å². The number of benzene rings is 1. The second-order valence-electron chi connectivity index (χ2n) is 4.43. The molecular formula is C14H16BrN3O2. The number of aryl methyl sites for hydroxylation is 1. The molecule has 2 rings (SSSR count). The Labute approximate surface area is 125 Å². The molecule has 0 bridgehead atoms. The first-order valence-corrected chi connectivity index (χ1v) is 7.18. The number of unbranched alkanes of at least 4 members (excludes halogenated alkanes) is 1. The lowest BCUT2D eigenvalue weighted by atomic mass is 10.2. The van der Waals surface area contributed by atoms with Gasteiger partial charge in [-0.25, -0.2) is 9.78 Å². The van der Waals surface area contributed by atoms with E-state index in [0.29, 0.717) is 0 Å². The Balaban J connectivity index is 1.75. The van der Waals surface area contributed by atoms with E-state index in [2.05, 4.69) is 30.8 Å². The van der Waals surface area contributed by atoms with Crippen LogP contribution in [0, 0.1) is 0 Å². The summed E-state index contributed by atoms with van der Waals surface area (Å²) in [5.41, 5.74) is 1.19. The van der Waals surface area contributed by atoms with Crippen LogP contribution >= 0.6 is 15.9 Å². The fourth-order valence-corrected chi connectivity index (χ4v) is 2.37. The number of halogens is 1. The van der Waals surface area contributed by atoms with E-state index in [1.54, 1.807) is 24.4 Å². The molecule has 0 atom stereocenters. The number of aromatic carboxylic acids is 1. The Hall–Kier alpha value is -1.82. The molecule has 0 radical (unpaired) electrons. The average Bonchev–Trinajstić information content (AvgIpc) is 2.93. The highest BCUT2D eigenvalue weighted by molar-refractivity contribution is 9.10. The molecule has 0 unspecified atom stereocenters. The average molecular weight is 338 g/mol. The molecule has 106 valence electrons. The number of hydrogen-bond acceptors (Lipinski definition) is 3. The summed E-state index contributed by atoms with van der Waals surface area (Å²) in [6, 6.07) is 4.99. The molecule has 6 heteroatoms. The molecular weight excluding hydrogens is 322 g/mol. The highest BCUT2D eigenvalue weighted by Gasteiger charge is 2.06. The van der Waals surface area contributed by atoms with Gasteiger partial charge in [-0.3, -0.25) is 0 Å². The Morgan fingerprint density at radius 2 is 2.25 bits per heavy atom. The molecule has 0 spiro atoms. The van der Waals surface area contributed by atoms with Crippen LogP contribution in [0.5, 0.6) is 0 Å².